The summed E-state index contributed by atoms with van der Waals surface area (Å²) in [5.41, 5.74) is 5.15. The first kappa shape index (κ1) is 37.5. The van der Waals surface area contributed by atoms with Crippen molar-refractivity contribution in [3.8, 4) is 0 Å². The lowest BCUT2D eigenvalue weighted by Gasteiger charge is -2.04. The minimum absolute atomic E-state index is 0. The highest BCUT2D eigenvalue weighted by Gasteiger charge is 2.32. The zero-order valence-electron chi connectivity index (χ0n) is 17.2. The summed E-state index contributed by atoms with van der Waals surface area (Å²) in [6.07, 6.45) is -0.281. The van der Waals surface area contributed by atoms with Crippen molar-refractivity contribution in [3.63, 3.8) is 0 Å². The number of carboxylic acid groups (broad SMARTS) is 1. The third-order valence-electron chi connectivity index (χ3n) is 2.99. The zero-order valence-corrected chi connectivity index (χ0v) is 20.3. The Bertz CT molecular complexity index is 618. The van der Waals surface area contributed by atoms with Gasteiger partial charge in [-0.05, 0) is 49.9 Å². The number of aliphatic carboxylic acids is 1. The van der Waals surface area contributed by atoms with Gasteiger partial charge in [-0.3, -0.25) is 19.2 Å². The van der Waals surface area contributed by atoms with E-state index in [1.807, 2.05) is 0 Å². The molecule has 0 aliphatic carbocycles. The van der Waals surface area contributed by atoms with Gasteiger partial charge in [0.15, 0.2) is 0 Å². The maximum Gasteiger partial charge on any atom is 0.415 e. The molecule has 1 aliphatic rings. The molecule has 0 bridgehead atoms. The lowest BCUT2D eigenvalue weighted by molar-refractivity contribution is -0.145. The molecule has 1 heterocycles. The minimum atomic E-state index is -1.10. The van der Waals surface area contributed by atoms with Crippen molar-refractivity contribution in [2.24, 2.45) is 5.73 Å². The maximum atomic E-state index is 10.9. The van der Waals surface area contributed by atoms with Gasteiger partial charge in [-0.2, -0.15) is 0 Å². The van der Waals surface area contributed by atoms with Crippen LogP contribution >= 0.6 is 48.0 Å². The number of ether oxygens (including phenoxy) is 3. The van der Waals surface area contributed by atoms with Gasteiger partial charge in [0, 0.05) is 12.8 Å². The highest BCUT2D eigenvalue weighted by atomic mass is 35.5. The van der Waals surface area contributed by atoms with E-state index in [0.717, 1.165) is 0 Å². The van der Waals surface area contributed by atoms with Crippen LogP contribution in [0, 0.1) is 0 Å². The molecule has 188 valence electrons. The molecule has 1 saturated heterocycles. The Labute approximate surface area is 206 Å². The number of alkyl carbamates (subject to hydrolysis) is 1. The number of rotatable bonds is 9. The summed E-state index contributed by atoms with van der Waals surface area (Å²) in [6.45, 7) is 4.00. The fourth-order valence-corrected chi connectivity index (χ4v) is 1.71. The molecule has 12 nitrogen and oxygen atoms in total. The number of esters is 3. The van der Waals surface area contributed by atoms with Gasteiger partial charge in [0.25, 0.3) is 0 Å². The van der Waals surface area contributed by atoms with E-state index in [0.29, 0.717) is 13.2 Å². The lowest BCUT2D eigenvalue weighted by Crippen LogP contribution is -2.30. The fourth-order valence-electron chi connectivity index (χ4n) is 1.71. The quantitative estimate of drug-likeness (QED) is 0.166. The Morgan fingerprint density at radius 3 is 1.84 bits per heavy atom. The van der Waals surface area contributed by atoms with E-state index in [9.17, 15) is 24.0 Å². The lowest BCUT2D eigenvalue weighted by atomic mass is 10.2. The molecule has 0 radical (unpaired) electrons. The van der Waals surface area contributed by atoms with Crippen molar-refractivity contribution in [3.05, 3.63) is 0 Å². The van der Waals surface area contributed by atoms with E-state index in [1.165, 1.54) is 0 Å². The summed E-state index contributed by atoms with van der Waals surface area (Å²) in [4.78, 5) is 62.2. The number of amides is 1. The highest BCUT2D eigenvalue weighted by Crippen LogP contribution is 2.07. The second kappa shape index (κ2) is 22.3. The van der Waals surface area contributed by atoms with Crippen LogP contribution in [0.15, 0.2) is 0 Å². The molecular formula is C16H26Cl4N2O10. The Morgan fingerprint density at radius 2 is 1.50 bits per heavy atom. The van der Waals surface area contributed by atoms with E-state index in [-0.39, 0.29) is 56.5 Å². The number of carbonyl (C=O) groups excluding carboxylic acids is 5. The normalized spacial score (nSPS) is 14.2. The van der Waals surface area contributed by atoms with Crippen molar-refractivity contribution in [1.29, 1.82) is 0 Å². The second-order valence-electron chi connectivity index (χ2n) is 5.26. The topological polar surface area (TPSA) is 188 Å². The van der Waals surface area contributed by atoms with Gasteiger partial charge in [0.05, 0.1) is 13.2 Å². The molecule has 4 N–H and O–H groups in total. The molecule has 1 aliphatic heterocycles. The maximum absolute atomic E-state index is 10.9. The summed E-state index contributed by atoms with van der Waals surface area (Å²) in [5.74, 6) is -2.53. The zero-order chi connectivity index (χ0) is 23.7. The number of cyclic esters (lactones) is 2. The molecule has 0 aromatic heterocycles. The van der Waals surface area contributed by atoms with E-state index in [2.05, 4.69) is 42.7 Å². The minimum Gasteiger partial charge on any atom is -0.480 e. The molecule has 0 aromatic carbocycles. The number of carbonyl (C=O) groups is 6. The Hall–Kier alpha value is -1.86. The van der Waals surface area contributed by atoms with Crippen LogP contribution in [0.4, 0.5) is 9.59 Å². The molecule has 0 unspecified atom stereocenters. The number of hydrogen-bond acceptors (Lipinski definition) is 10. The Kier molecular flexibility index (Phi) is 26.1. The predicted molar refractivity (Wildman–Crippen MR) is 117 cm³/mol. The molecule has 16 heteroatoms. The average Bonchev–Trinajstić information content (AvgIpc) is 2.95. The van der Waals surface area contributed by atoms with Crippen LogP contribution in [0.5, 0.6) is 0 Å². The highest BCUT2D eigenvalue weighted by molar-refractivity contribution is 6.93. The number of carboxylic acids is 1. The third-order valence-corrected chi connectivity index (χ3v) is 2.99. The van der Waals surface area contributed by atoms with Gasteiger partial charge in [-0.1, -0.05) is 0 Å². The Balaban J connectivity index is -0.000000201. The first-order chi connectivity index (χ1) is 13.9. The van der Waals surface area contributed by atoms with Crippen molar-refractivity contribution in [2.45, 2.75) is 51.6 Å². The second-order valence-corrected chi connectivity index (χ2v) is 6.14. The number of nitrogens with two attached hydrogens (primary N) is 1. The molecule has 32 heavy (non-hydrogen) atoms. The predicted octanol–water partition coefficient (Wildman–Crippen LogP) is 2.13. The van der Waals surface area contributed by atoms with Crippen molar-refractivity contribution < 1.29 is 48.1 Å². The van der Waals surface area contributed by atoms with Crippen LogP contribution < -0.4 is 11.1 Å². The van der Waals surface area contributed by atoms with Gasteiger partial charge in [0.2, 0.25) is 0 Å². The third kappa shape index (κ3) is 22.8. The van der Waals surface area contributed by atoms with Crippen LogP contribution in [0.2, 0.25) is 0 Å². The number of nitrogens with one attached hydrogen (secondary N) is 1. The van der Waals surface area contributed by atoms with E-state index >= 15 is 0 Å². The van der Waals surface area contributed by atoms with E-state index in [1.54, 1.807) is 13.8 Å². The first-order valence-corrected chi connectivity index (χ1v) is 9.36. The van der Waals surface area contributed by atoms with Gasteiger partial charge in [0.1, 0.15) is 12.1 Å². The molecule has 0 spiro atoms. The first-order valence-electron chi connectivity index (χ1n) is 8.61. The largest absolute Gasteiger partial charge is 0.480 e. The fraction of sp³-hybridized carbons (Fsp3) is 0.625. The Morgan fingerprint density at radius 1 is 1.06 bits per heavy atom. The summed E-state index contributed by atoms with van der Waals surface area (Å²) in [5, 5.41) is 10.6. The summed E-state index contributed by atoms with van der Waals surface area (Å²) in [6, 6.07) is -1.69. The van der Waals surface area contributed by atoms with Gasteiger partial charge >= 0.3 is 34.7 Å². The molecule has 1 amide bonds. The number of hydrogen-bond donors (Lipinski definition) is 3. The van der Waals surface area contributed by atoms with Crippen LogP contribution in [-0.2, 0) is 33.4 Å². The van der Waals surface area contributed by atoms with Gasteiger partial charge in [-0.25, -0.2) is 9.59 Å². The molecule has 0 aromatic rings. The monoisotopic (exact) mass is 546 g/mol. The smallest absolute Gasteiger partial charge is 0.415 e. The van der Waals surface area contributed by atoms with Crippen LogP contribution in [0.3, 0.4) is 0 Å². The average molecular weight is 548 g/mol. The van der Waals surface area contributed by atoms with Crippen LogP contribution in [0.25, 0.3) is 0 Å². The molecule has 1 fully saturated rings. The van der Waals surface area contributed by atoms with Gasteiger partial charge < -0.3 is 30.4 Å². The molecule has 0 saturated carbocycles. The summed E-state index contributed by atoms with van der Waals surface area (Å²) >= 11 is 8.80. The van der Waals surface area contributed by atoms with Crippen molar-refractivity contribution >= 4 is 82.7 Å². The summed E-state index contributed by atoms with van der Waals surface area (Å²) < 4.78 is 12.6. The standard InChI is InChI=1S/C8H11NO5.C7H13NO4.CCl2O.2ClH/c1-2-13-6(10)4-3-5-7(11)14-8(12)9-5;1-2-12-6(9)4-3-5(8)7(10)11;2-1(3)4;;/h5H,2-4H2,1H3,(H,9,12);5H,2-4,8H2,1H3,(H,10,11);;2*1H/t2*5-;;;/m00.../s1. The molecule has 1 rings (SSSR count). The van der Waals surface area contributed by atoms with Gasteiger partial charge in [-0.15, -0.1) is 24.8 Å². The molecule has 2 atom stereocenters. The van der Waals surface area contributed by atoms with Crippen LogP contribution in [-0.4, -0.2) is 65.1 Å². The molecular weight excluding hydrogens is 522 g/mol. The van der Waals surface area contributed by atoms with E-state index < -0.39 is 40.8 Å². The SMILES string of the molecule is CCOC(=O)CC[C@@H]1NC(=O)OC1=O.CCOC(=O)CC[C@H](N)C(=O)O.Cl.Cl.O=C(Cl)Cl. The van der Waals surface area contributed by atoms with Crippen molar-refractivity contribution in [1.82, 2.24) is 5.32 Å². The van der Waals surface area contributed by atoms with Crippen LogP contribution in [0.1, 0.15) is 39.5 Å². The summed E-state index contributed by atoms with van der Waals surface area (Å²) in [7, 11) is 0. The van der Waals surface area contributed by atoms with E-state index in [4.69, 9.17) is 15.6 Å². The van der Waals surface area contributed by atoms with Crippen molar-refractivity contribution in [2.75, 3.05) is 13.2 Å². The number of halogens is 4.